The molecule has 0 saturated carbocycles. The molecule has 1 aromatic heterocycles. The van der Waals surface area contributed by atoms with Gasteiger partial charge in [-0.2, -0.15) is 0 Å². The minimum Gasteiger partial charge on any atom is -0.384 e. The molecule has 2 nitrogen and oxygen atoms in total. The van der Waals surface area contributed by atoms with Gasteiger partial charge in [0.15, 0.2) is 0 Å². The minimum atomic E-state index is 0.446. The quantitative estimate of drug-likeness (QED) is 0.724. The number of rotatable bonds is 4. The lowest BCUT2D eigenvalue weighted by Crippen LogP contribution is -2.10. The molecule has 0 spiro atoms. The van der Waals surface area contributed by atoms with Gasteiger partial charge in [0.1, 0.15) is 0 Å². The second kappa shape index (κ2) is 6.15. The van der Waals surface area contributed by atoms with Crippen LogP contribution in [-0.4, -0.2) is 11.5 Å². The highest BCUT2D eigenvalue weighted by Crippen LogP contribution is 2.25. The third-order valence-corrected chi connectivity index (χ3v) is 3.91. The van der Waals surface area contributed by atoms with Crippen LogP contribution in [0.4, 0.5) is 5.69 Å². The molecule has 3 rings (SSSR count). The molecule has 0 aliphatic heterocycles. The van der Waals surface area contributed by atoms with Crippen LogP contribution in [0, 0.1) is 0 Å². The molecule has 0 amide bonds. The van der Waals surface area contributed by atoms with Gasteiger partial charge in [0.25, 0.3) is 0 Å². The third kappa shape index (κ3) is 3.17. The summed E-state index contributed by atoms with van der Waals surface area (Å²) < 4.78 is 0. The van der Waals surface area contributed by atoms with Crippen LogP contribution in [0.2, 0.25) is 5.02 Å². The monoisotopic (exact) mass is 296 g/mol. The van der Waals surface area contributed by atoms with Crippen molar-refractivity contribution in [2.24, 2.45) is 0 Å². The van der Waals surface area contributed by atoms with Gasteiger partial charge < -0.3 is 5.32 Å². The third-order valence-electron chi connectivity index (χ3n) is 3.67. The number of benzene rings is 2. The Morgan fingerprint density at radius 2 is 1.90 bits per heavy atom. The lowest BCUT2D eigenvalue weighted by molar-refractivity contribution is 0.805. The first-order chi connectivity index (χ1) is 10.2. The van der Waals surface area contributed by atoms with E-state index in [4.69, 9.17) is 11.6 Å². The summed E-state index contributed by atoms with van der Waals surface area (Å²) in [5.41, 5.74) is 3.35. The molecule has 0 fully saturated rings. The highest BCUT2D eigenvalue weighted by Gasteiger charge is 2.07. The van der Waals surface area contributed by atoms with Gasteiger partial charge in [-0.25, -0.2) is 0 Å². The molecular formula is C18H17ClN2. The lowest BCUT2D eigenvalue weighted by Gasteiger charge is -2.15. The summed E-state index contributed by atoms with van der Waals surface area (Å²) in [6.45, 7) is 3.11. The maximum absolute atomic E-state index is 6.02. The Hall–Kier alpha value is -2.06. The van der Waals surface area contributed by atoms with Crippen LogP contribution in [0.25, 0.3) is 10.9 Å². The molecular weight excluding hydrogens is 280 g/mol. The van der Waals surface area contributed by atoms with Crippen molar-refractivity contribution >= 4 is 28.2 Å². The van der Waals surface area contributed by atoms with Gasteiger partial charge >= 0.3 is 0 Å². The first-order valence-electron chi connectivity index (χ1n) is 7.07. The zero-order valence-electron chi connectivity index (χ0n) is 11.9. The molecule has 1 unspecified atom stereocenters. The van der Waals surface area contributed by atoms with Gasteiger partial charge in [0.2, 0.25) is 0 Å². The van der Waals surface area contributed by atoms with E-state index in [1.807, 2.05) is 36.5 Å². The SMILES string of the molecule is CC(CNc1ccnc2cc(Cl)ccc12)c1ccccc1. The molecule has 106 valence electrons. The number of hydrogen-bond donors (Lipinski definition) is 1. The maximum atomic E-state index is 6.02. The molecule has 3 aromatic rings. The van der Waals surface area contributed by atoms with E-state index in [9.17, 15) is 0 Å². The van der Waals surface area contributed by atoms with E-state index >= 15 is 0 Å². The Labute approximate surface area is 129 Å². The summed E-state index contributed by atoms with van der Waals surface area (Å²) in [4.78, 5) is 4.36. The van der Waals surface area contributed by atoms with Crippen molar-refractivity contribution in [1.29, 1.82) is 0 Å². The topological polar surface area (TPSA) is 24.9 Å². The molecule has 0 aliphatic rings. The highest BCUT2D eigenvalue weighted by molar-refractivity contribution is 6.31. The molecule has 1 atom stereocenters. The Balaban J connectivity index is 1.79. The van der Waals surface area contributed by atoms with Gasteiger partial charge in [0.05, 0.1) is 5.52 Å². The van der Waals surface area contributed by atoms with Crippen LogP contribution in [0.15, 0.2) is 60.8 Å². The van der Waals surface area contributed by atoms with Crippen molar-refractivity contribution in [3.05, 3.63) is 71.4 Å². The number of nitrogens with zero attached hydrogens (tertiary/aromatic N) is 1. The van der Waals surface area contributed by atoms with Crippen molar-refractivity contribution in [2.45, 2.75) is 12.8 Å². The molecule has 1 N–H and O–H groups in total. The molecule has 0 aliphatic carbocycles. The number of hydrogen-bond acceptors (Lipinski definition) is 2. The van der Waals surface area contributed by atoms with Crippen LogP contribution in [0.1, 0.15) is 18.4 Å². The van der Waals surface area contributed by atoms with E-state index in [1.54, 1.807) is 0 Å². The van der Waals surface area contributed by atoms with Crippen molar-refractivity contribution < 1.29 is 0 Å². The van der Waals surface area contributed by atoms with E-state index in [-0.39, 0.29) is 0 Å². The van der Waals surface area contributed by atoms with Gasteiger partial charge in [0, 0.05) is 28.8 Å². The van der Waals surface area contributed by atoms with Crippen LogP contribution in [-0.2, 0) is 0 Å². The van der Waals surface area contributed by atoms with Gasteiger partial charge in [-0.3, -0.25) is 4.98 Å². The van der Waals surface area contributed by atoms with E-state index in [2.05, 4.69) is 41.5 Å². The number of anilines is 1. The highest BCUT2D eigenvalue weighted by atomic mass is 35.5. The van der Waals surface area contributed by atoms with E-state index in [0.717, 1.165) is 23.1 Å². The van der Waals surface area contributed by atoms with Gasteiger partial charge in [-0.05, 0) is 35.7 Å². The summed E-state index contributed by atoms with van der Waals surface area (Å²) in [5.74, 6) is 0.446. The number of pyridine rings is 1. The van der Waals surface area contributed by atoms with Crippen LogP contribution in [0.5, 0.6) is 0 Å². The maximum Gasteiger partial charge on any atom is 0.0737 e. The Morgan fingerprint density at radius 1 is 1.10 bits per heavy atom. The number of halogens is 1. The van der Waals surface area contributed by atoms with E-state index < -0.39 is 0 Å². The number of aromatic nitrogens is 1. The standard InChI is InChI=1S/C18H17ClN2/c1-13(14-5-3-2-4-6-14)12-21-17-9-10-20-18-11-15(19)7-8-16(17)18/h2-11,13H,12H2,1H3,(H,20,21). The first-order valence-corrected chi connectivity index (χ1v) is 7.45. The first kappa shape index (κ1) is 13.9. The van der Waals surface area contributed by atoms with Crippen molar-refractivity contribution in [1.82, 2.24) is 4.98 Å². The second-order valence-electron chi connectivity index (χ2n) is 5.21. The molecule has 0 radical (unpaired) electrons. The Kier molecular flexibility index (Phi) is 4.07. The zero-order valence-corrected chi connectivity index (χ0v) is 12.6. The summed E-state index contributed by atoms with van der Waals surface area (Å²) in [6, 6.07) is 18.3. The van der Waals surface area contributed by atoms with Crippen molar-refractivity contribution in [2.75, 3.05) is 11.9 Å². The van der Waals surface area contributed by atoms with Gasteiger partial charge in [-0.15, -0.1) is 0 Å². The fourth-order valence-corrected chi connectivity index (χ4v) is 2.60. The zero-order chi connectivity index (χ0) is 14.7. The molecule has 3 heteroatoms. The molecule has 0 saturated heterocycles. The smallest absolute Gasteiger partial charge is 0.0737 e. The summed E-state index contributed by atoms with van der Waals surface area (Å²) in [7, 11) is 0. The average Bonchev–Trinajstić information content (AvgIpc) is 2.53. The summed E-state index contributed by atoms with van der Waals surface area (Å²) in [5, 5.41) is 5.33. The molecule has 1 heterocycles. The predicted molar refractivity (Wildman–Crippen MR) is 90.1 cm³/mol. The fraction of sp³-hybridized carbons (Fsp3) is 0.167. The minimum absolute atomic E-state index is 0.446. The molecule has 21 heavy (non-hydrogen) atoms. The van der Waals surface area contributed by atoms with E-state index in [0.29, 0.717) is 10.9 Å². The normalized spacial score (nSPS) is 12.3. The predicted octanol–water partition coefficient (Wildman–Crippen LogP) is 5.10. The molecule has 0 bridgehead atoms. The Morgan fingerprint density at radius 3 is 2.71 bits per heavy atom. The fourth-order valence-electron chi connectivity index (χ4n) is 2.44. The number of fused-ring (bicyclic) bond motifs is 1. The van der Waals surface area contributed by atoms with Crippen molar-refractivity contribution in [3.63, 3.8) is 0 Å². The second-order valence-corrected chi connectivity index (χ2v) is 5.65. The van der Waals surface area contributed by atoms with Crippen LogP contribution in [0.3, 0.4) is 0 Å². The largest absolute Gasteiger partial charge is 0.384 e. The summed E-state index contributed by atoms with van der Waals surface area (Å²) in [6.07, 6.45) is 1.81. The molecule has 2 aromatic carbocycles. The average molecular weight is 297 g/mol. The Bertz CT molecular complexity index is 741. The van der Waals surface area contributed by atoms with Gasteiger partial charge in [-0.1, -0.05) is 48.9 Å². The lowest BCUT2D eigenvalue weighted by atomic mass is 10.0. The van der Waals surface area contributed by atoms with Crippen LogP contribution < -0.4 is 5.32 Å². The number of nitrogens with one attached hydrogen (secondary N) is 1. The van der Waals surface area contributed by atoms with Crippen LogP contribution >= 0.6 is 11.6 Å². The van der Waals surface area contributed by atoms with Crippen molar-refractivity contribution in [3.8, 4) is 0 Å². The van der Waals surface area contributed by atoms with E-state index in [1.165, 1.54) is 5.56 Å². The summed E-state index contributed by atoms with van der Waals surface area (Å²) >= 11 is 6.02.